The van der Waals surface area contributed by atoms with Gasteiger partial charge in [0.15, 0.2) is 0 Å². The summed E-state index contributed by atoms with van der Waals surface area (Å²) in [6.45, 7) is 0. The average molecular weight is 279 g/mol. The molecule has 0 saturated carbocycles. The highest BCUT2D eigenvalue weighted by Gasteiger charge is 2.30. The van der Waals surface area contributed by atoms with Crippen molar-refractivity contribution in [2.75, 3.05) is 0 Å². The minimum absolute atomic E-state index is 0.226. The normalized spacial score (nSPS) is 21.9. The molecule has 0 spiro atoms. The third-order valence-electron chi connectivity index (χ3n) is 3.51. The van der Waals surface area contributed by atoms with Crippen molar-refractivity contribution in [3.05, 3.63) is 69.2 Å². The van der Waals surface area contributed by atoms with Crippen LogP contribution in [0.3, 0.4) is 0 Å². The first kappa shape index (κ1) is 12.0. The minimum Gasteiger partial charge on any atom is -0.388 e. The van der Waals surface area contributed by atoms with E-state index in [2.05, 4.69) is 0 Å². The summed E-state index contributed by atoms with van der Waals surface area (Å²) in [5.74, 6) is 0.226. The van der Waals surface area contributed by atoms with E-state index in [1.165, 1.54) is 5.56 Å². The standard InChI is InChI=1S/C15H12Cl2O/c16-10-3-1-9(2-4-10)13-8-15(18)14-7-11(17)5-6-12(13)14/h1-7,13,15,18H,8H2/t13-,15-/m1/s1. The Morgan fingerprint density at radius 3 is 2.28 bits per heavy atom. The quantitative estimate of drug-likeness (QED) is 0.811. The third-order valence-corrected chi connectivity index (χ3v) is 4.00. The molecular weight excluding hydrogens is 267 g/mol. The van der Waals surface area contributed by atoms with Gasteiger partial charge in [0, 0.05) is 16.0 Å². The Morgan fingerprint density at radius 2 is 1.56 bits per heavy atom. The van der Waals surface area contributed by atoms with Crippen molar-refractivity contribution in [3.63, 3.8) is 0 Å². The highest BCUT2D eigenvalue weighted by Crippen LogP contribution is 2.44. The van der Waals surface area contributed by atoms with Crippen LogP contribution in [0.2, 0.25) is 10.0 Å². The van der Waals surface area contributed by atoms with Gasteiger partial charge in [0.25, 0.3) is 0 Å². The van der Waals surface area contributed by atoms with Crippen LogP contribution in [-0.2, 0) is 0 Å². The van der Waals surface area contributed by atoms with Crippen molar-refractivity contribution in [1.82, 2.24) is 0 Å². The van der Waals surface area contributed by atoms with E-state index in [1.54, 1.807) is 0 Å². The molecule has 2 aromatic carbocycles. The summed E-state index contributed by atoms with van der Waals surface area (Å²) in [6, 6.07) is 13.5. The van der Waals surface area contributed by atoms with E-state index < -0.39 is 6.10 Å². The van der Waals surface area contributed by atoms with E-state index in [4.69, 9.17) is 23.2 Å². The van der Waals surface area contributed by atoms with Crippen LogP contribution in [0, 0.1) is 0 Å². The summed E-state index contributed by atoms with van der Waals surface area (Å²) < 4.78 is 0. The molecule has 1 aliphatic carbocycles. The molecule has 0 unspecified atom stereocenters. The molecule has 0 fully saturated rings. The van der Waals surface area contributed by atoms with Crippen molar-refractivity contribution in [2.24, 2.45) is 0 Å². The second kappa shape index (κ2) is 4.58. The molecule has 18 heavy (non-hydrogen) atoms. The van der Waals surface area contributed by atoms with E-state index in [0.717, 1.165) is 16.1 Å². The number of aliphatic hydroxyl groups excluding tert-OH is 1. The van der Waals surface area contributed by atoms with Crippen LogP contribution < -0.4 is 0 Å². The second-order valence-corrected chi connectivity index (χ2v) is 5.50. The van der Waals surface area contributed by atoms with Crippen LogP contribution in [-0.4, -0.2) is 5.11 Å². The first-order valence-corrected chi connectivity index (χ1v) is 6.63. The molecule has 1 N–H and O–H groups in total. The molecule has 0 heterocycles. The number of benzene rings is 2. The van der Waals surface area contributed by atoms with Crippen LogP contribution in [0.25, 0.3) is 0 Å². The van der Waals surface area contributed by atoms with Crippen molar-refractivity contribution in [2.45, 2.75) is 18.4 Å². The van der Waals surface area contributed by atoms with E-state index in [-0.39, 0.29) is 5.92 Å². The summed E-state index contributed by atoms with van der Waals surface area (Å²) in [6.07, 6.45) is 0.275. The molecule has 3 rings (SSSR count). The van der Waals surface area contributed by atoms with Gasteiger partial charge in [-0.2, -0.15) is 0 Å². The lowest BCUT2D eigenvalue weighted by atomic mass is 9.93. The summed E-state index contributed by atoms with van der Waals surface area (Å²) in [7, 11) is 0. The number of hydrogen-bond acceptors (Lipinski definition) is 1. The Labute approximate surface area is 116 Å². The van der Waals surface area contributed by atoms with Crippen molar-refractivity contribution < 1.29 is 5.11 Å². The molecule has 0 radical (unpaired) electrons. The van der Waals surface area contributed by atoms with Crippen LogP contribution in [0.4, 0.5) is 0 Å². The first-order chi connectivity index (χ1) is 8.65. The number of hydrogen-bond donors (Lipinski definition) is 1. The number of rotatable bonds is 1. The Balaban J connectivity index is 2.05. The van der Waals surface area contributed by atoms with E-state index in [0.29, 0.717) is 11.4 Å². The highest BCUT2D eigenvalue weighted by atomic mass is 35.5. The smallest absolute Gasteiger partial charge is 0.0802 e. The lowest BCUT2D eigenvalue weighted by Crippen LogP contribution is -1.96. The zero-order valence-corrected chi connectivity index (χ0v) is 11.1. The maximum absolute atomic E-state index is 10.1. The zero-order chi connectivity index (χ0) is 12.7. The number of fused-ring (bicyclic) bond motifs is 1. The SMILES string of the molecule is O[C@@H]1C[C@H](c2ccc(Cl)cc2)c2ccc(Cl)cc21. The first-order valence-electron chi connectivity index (χ1n) is 5.88. The lowest BCUT2D eigenvalue weighted by Gasteiger charge is -2.11. The number of halogens is 2. The van der Waals surface area contributed by atoms with Gasteiger partial charge in [-0.3, -0.25) is 0 Å². The van der Waals surface area contributed by atoms with Gasteiger partial charge < -0.3 is 5.11 Å². The maximum atomic E-state index is 10.1. The predicted molar refractivity (Wildman–Crippen MR) is 74.3 cm³/mol. The van der Waals surface area contributed by atoms with Gasteiger partial charge in [-0.25, -0.2) is 0 Å². The van der Waals surface area contributed by atoms with Gasteiger partial charge >= 0.3 is 0 Å². The molecule has 0 saturated heterocycles. The van der Waals surface area contributed by atoms with Crippen molar-refractivity contribution in [3.8, 4) is 0 Å². The Kier molecular flexibility index (Phi) is 3.06. The van der Waals surface area contributed by atoms with Gasteiger partial charge in [0.05, 0.1) is 6.10 Å². The predicted octanol–water partition coefficient (Wildman–Crippen LogP) is 4.56. The molecule has 1 nitrogen and oxygen atoms in total. The fraction of sp³-hybridized carbons (Fsp3) is 0.200. The van der Waals surface area contributed by atoms with Gasteiger partial charge in [-0.05, 0) is 47.4 Å². The number of aliphatic hydroxyl groups is 1. The molecule has 2 atom stereocenters. The Bertz CT molecular complexity index is 578. The summed E-state index contributed by atoms with van der Waals surface area (Å²) in [5.41, 5.74) is 3.29. The molecule has 0 amide bonds. The van der Waals surface area contributed by atoms with Crippen LogP contribution >= 0.6 is 23.2 Å². The van der Waals surface area contributed by atoms with Gasteiger partial charge in [-0.15, -0.1) is 0 Å². The van der Waals surface area contributed by atoms with Crippen molar-refractivity contribution in [1.29, 1.82) is 0 Å². The average Bonchev–Trinajstić information content (AvgIpc) is 2.68. The Hall–Kier alpha value is -1.02. The highest BCUT2D eigenvalue weighted by molar-refractivity contribution is 6.30. The zero-order valence-electron chi connectivity index (χ0n) is 9.61. The van der Waals surface area contributed by atoms with Gasteiger partial charge in [-0.1, -0.05) is 41.4 Å². The van der Waals surface area contributed by atoms with Crippen molar-refractivity contribution >= 4 is 23.2 Å². The molecule has 2 aromatic rings. The molecule has 0 bridgehead atoms. The monoisotopic (exact) mass is 278 g/mol. The molecule has 1 aliphatic rings. The van der Waals surface area contributed by atoms with E-state index in [1.807, 2.05) is 42.5 Å². The lowest BCUT2D eigenvalue weighted by molar-refractivity contribution is 0.176. The molecule has 0 aromatic heterocycles. The largest absolute Gasteiger partial charge is 0.388 e. The van der Waals surface area contributed by atoms with Crippen LogP contribution in [0.5, 0.6) is 0 Å². The Morgan fingerprint density at radius 1 is 0.889 bits per heavy atom. The summed E-state index contributed by atoms with van der Waals surface area (Å²) in [5, 5.41) is 11.5. The third kappa shape index (κ3) is 2.03. The van der Waals surface area contributed by atoms with E-state index in [9.17, 15) is 5.11 Å². The minimum atomic E-state index is -0.431. The molecule has 92 valence electrons. The van der Waals surface area contributed by atoms with Crippen LogP contribution in [0.1, 0.15) is 35.1 Å². The molecule has 0 aliphatic heterocycles. The second-order valence-electron chi connectivity index (χ2n) is 4.63. The molecule has 3 heteroatoms. The fourth-order valence-corrected chi connectivity index (χ4v) is 2.95. The topological polar surface area (TPSA) is 20.2 Å². The fourth-order valence-electron chi connectivity index (χ4n) is 2.64. The van der Waals surface area contributed by atoms with Gasteiger partial charge in [0.2, 0.25) is 0 Å². The van der Waals surface area contributed by atoms with E-state index >= 15 is 0 Å². The molecular formula is C15H12Cl2O. The summed E-state index contributed by atoms with van der Waals surface area (Å²) >= 11 is 11.9. The summed E-state index contributed by atoms with van der Waals surface area (Å²) in [4.78, 5) is 0. The van der Waals surface area contributed by atoms with Gasteiger partial charge in [0.1, 0.15) is 0 Å². The maximum Gasteiger partial charge on any atom is 0.0802 e. The van der Waals surface area contributed by atoms with Crippen LogP contribution in [0.15, 0.2) is 42.5 Å².